The van der Waals surface area contributed by atoms with Crippen molar-refractivity contribution in [2.24, 2.45) is 0 Å². The topological polar surface area (TPSA) is 75.7 Å². The van der Waals surface area contributed by atoms with Crippen molar-refractivity contribution in [3.05, 3.63) is 52.5 Å². The van der Waals surface area contributed by atoms with Gasteiger partial charge in [0.25, 0.3) is 5.91 Å². The summed E-state index contributed by atoms with van der Waals surface area (Å²) in [7, 11) is -1.83. The maximum Gasteiger partial charge on any atom is 0.255 e. The third kappa shape index (κ3) is 3.50. The van der Waals surface area contributed by atoms with Crippen LogP contribution >= 0.6 is 11.6 Å². The standard InChI is InChI=1S/C18H19ClN2O4S/c1-11-8-13-9-12(4-6-16(13)21(11)26(3,23)24)18(22)20-14-5-7-17(25-2)15(19)10-14/h4-7,9-11H,8H2,1-3H3,(H,20,22)/t11-/m0/s1. The molecule has 0 unspecified atom stereocenters. The summed E-state index contributed by atoms with van der Waals surface area (Å²) < 4.78 is 30.4. The molecule has 2 aromatic rings. The molecule has 1 aliphatic heterocycles. The summed E-state index contributed by atoms with van der Waals surface area (Å²) in [5.41, 5.74) is 2.47. The number of carbonyl (C=O) groups excluding carboxylic acids is 1. The Balaban J connectivity index is 1.84. The van der Waals surface area contributed by atoms with Crippen LogP contribution in [-0.4, -0.2) is 33.7 Å². The SMILES string of the molecule is COc1ccc(NC(=O)c2ccc3c(c2)C[C@H](C)N3S(C)(=O)=O)cc1Cl. The first-order valence-corrected chi connectivity index (χ1v) is 10.2. The van der Waals surface area contributed by atoms with Crippen molar-refractivity contribution in [3.63, 3.8) is 0 Å². The Morgan fingerprint density at radius 3 is 2.62 bits per heavy atom. The molecule has 3 rings (SSSR count). The highest BCUT2D eigenvalue weighted by Crippen LogP contribution is 2.35. The van der Waals surface area contributed by atoms with Crippen LogP contribution in [0.5, 0.6) is 5.75 Å². The van der Waals surface area contributed by atoms with E-state index in [2.05, 4.69) is 5.32 Å². The maximum absolute atomic E-state index is 12.5. The van der Waals surface area contributed by atoms with Crippen molar-refractivity contribution < 1.29 is 17.9 Å². The molecular formula is C18H19ClN2O4S. The second-order valence-electron chi connectivity index (χ2n) is 6.26. The molecule has 8 heteroatoms. The van der Waals surface area contributed by atoms with Crippen molar-refractivity contribution in [2.75, 3.05) is 23.0 Å². The number of halogens is 1. The number of amides is 1. The molecule has 1 N–H and O–H groups in total. The highest BCUT2D eigenvalue weighted by molar-refractivity contribution is 7.92. The molecule has 0 bridgehead atoms. The largest absolute Gasteiger partial charge is 0.495 e. The van der Waals surface area contributed by atoms with Crippen molar-refractivity contribution in [2.45, 2.75) is 19.4 Å². The minimum absolute atomic E-state index is 0.168. The molecule has 26 heavy (non-hydrogen) atoms. The number of rotatable bonds is 4. The number of fused-ring (bicyclic) bond motifs is 1. The third-order valence-corrected chi connectivity index (χ3v) is 5.83. The Kier molecular flexibility index (Phi) is 4.86. The Morgan fingerprint density at radius 2 is 2.00 bits per heavy atom. The lowest BCUT2D eigenvalue weighted by Crippen LogP contribution is -2.34. The van der Waals surface area contributed by atoms with Crippen molar-refractivity contribution in [1.29, 1.82) is 0 Å². The van der Waals surface area contributed by atoms with E-state index in [1.165, 1.54) is 17.7 Å². The Hall–Kier alpha value is -2.25. The maximum atomic E-state index is 12.5. The van der Waals surface area contributed by atoms with Gasteiger partial charge in [0.2, 0.25) is 10.0 Å². The van der Waals surface area contributed by atoms with Gasteiger partial charge in [0.15, 0.2) is 0 Å². The fraction of sp³-hybridized carbons (Fsp3) is 0.278. The average molecular weight is 395 g/mol. The van der Waals surface area contributed by atoms with Gasteiger partial charge in [-0.3, -0.25) is 9.10 Å². The molecule has 1 aliphatic rings. The Bertz CT molecular complexity index is 975. The monoisotopic (exact) mass is 394 g/mol. The van der Waals surface area contributed by atoms with Crippen LogP contribution in [0.1, 0.15) is 22.8 Å². The molecule has 138 valence electrons. The highest BCUT2D eigenvalue weighted by Gasteiger charge is 2.32. The molecule has 0 saturated carbocycles. The summed E-state index contributed by atoms with van der Waals surface area (Å²) in [6.45, 7) is 1.85. The van der Waals surface area contributed by atoms with E-state index in [0.29, 0.717) is 34.1 Å². The third-order valence-electron chi connectivity index (χ3n) is 4.26. The van der Waals surface area contributed by atoms with Crippen molar-refractivity contribution in [3.8, 4) is 5.75 Å². The number of hydrogen-bond acceptors (Lipinski definition) is 4. The van der Waals surface area contributed by atoms with E-state index in [-0.39, 0.29) is 11.9 Å². The van der Waals surface area contributed by atoms with Gasteiger partial charge < -0.3 is 10.1 Å². The molecule has 0 radical (unpaired) electrons. The van der Waals surface area contributed by atoms with Crippen LogP contribution in [0.2, 0.25) is 5.02 Å². The summed E-state index contributed by atoms with van der Waals surface area (Å²) in [6.07, 6.45) is 1.75. The molecule has 0 fully saturated rings. The molecule has 0 spiro atoms. The van der Waals surface area contributed by atoms with Crippen LogP contribution in [0.3, 0.4) is 0 Å². The number of nitrogens with one attached hydrogen (secondary N) is 1. The normalized spacial score (nSPS) is 16.3. The predicted octanol–water partition coefficient (Wildman–Crippen LogP) is 3.31. The lowest BCUT2D eigenvalue weighted by molar-refractivity contribution is 0.102. The van der Waals surface area contributed by atoms with Gasteiger partial charge in [0.05, 0.1) is 24.1 Å². The summed E-state index contributed by atoms with van der Waals surface area (Å²) in [5, 5.41) is 3.18. The quantitative estimate of drug-likeness (QED) is 0.863. The van der Waals surface area contributed by atoms with E-state index in [1.807, 2.05) is 6.92 Å². The van der Waals surface area contributed by atoms with Crippen molar-refractivity contribution in [1.82, 2.24) is 0 Å². The minimum atomic E-state index is -3.35. The van der Waals surface area contributed by atoms with E-state index in [9.17, 15) is 13.2 Å². The van der Waals surface area contributed by atoms with Crippen LogP contribution in [0.4, 0.5) is 11.4 Å². The Morgan fingerprint density at radius 1 is 1.27 bits per heavy atom. The molecule has 0 aliphatic carbocycles. The first kappa shape index (κ1) is 18.5. The van der Waals surface area contributed by atoms with Crippen LogP contribution in [0.15, 0.2) is 36.4 Å². The number of anilines is 2. The zero-order valence-corrected chi connectivity index (χ0v) is 16.2. The van der Waals surface area contributed by atoms with Crippen LogP contribution in [0, 0.1) is 0 Å². The van der Waals surface area contributed by atoms with Gasteiger partial charge in [-0.2, -0.15) is 0 Å². The molecule has 1 heterocycles. The average Bonchev–Trinajstić information content (AvgIpc) is 2.89. The smallest absolute Gasteiger partial charge is 0.255 e. The summed E-state index contributed by atoms with van der Waals surface area (Å²) in [5.74, 6) is 0.233. The summed E-state index contributed by atoms with van der Waals surface area (Å²) in [6, 6.07) is 9.84. The zero-order valence-electron chi connectivity index (χ0n) is 14.6. The molecule has 6 nitrogen and oxygen atoms in total. The van der Waals surface area contributed by atoms with E-state index >= 15 is 0 Å². The summed E-state index contributed by atoms with van der Waals surface area (Å²) in [4.78, 5) is 12.5. The predicted molar refractivity (Wildman–Crippen MR) is 103 cm³/mol. The van der Waals surface area contributed by atoms with Gasteiger partial charge >= 0.3 is 0 Å². The summed E-state index contributed by atoms with van der Waals surface area (Å²) >= 11 is 6.07. The van der Waals surface area contributed by atoms with Gasteiger partial charge in [-0.05, 0) is 55.3 Å². The van der Waals surface area contributed by atoms with Gasteiger partial charge in [0, 0.05) is 17.3 Å². The number of benzene rings is 2. The van der Waals surface area contributed by atoms with Gasteiger partial charge in [0.1, 0.15) is 5.75 Å². The first-order chi connectivity index (χ1) is 12.2. The van der Waals surface area contributed by atoms with E-state index in [0.717, 1.165) is 5.56 Å². The number of hydrogen-bond donors (Lipinski definition) is 1. The second kappa shape index (κ2) is 6.81. The zero-order chi connectivity index (χ0) is 19.1. The molecule has 2 aromatic carbocycles. The van der Waals surface area contributed by atoms with Crippen LogP contribution in [-0.2, 0) is 16.4 Å². The van der Waals surface area contributed by atoms with E-state index in [1.54, 1.807) is 36.4 Å². The van der Waals surface area contributed by atoms with Crippen LogP contribution in [0.25, 0.3) is 0 Å². The first-order valence-electron chi connectivity index (χ1n) is 7.98. The van der Waals surface area contributed by atoms with E-state index < -0.39 is 10.0 Å². The molecule has 0 aromatic heterocycles. The molecule has 1 atom stereocenters. The number of carbonyl (C=O) groups is 1. The second-order valence-corrected chi connectivity index (χ2v) is 8.53. The minimum Gasteiger partial charge on any atom is -0.495 e. The Labute approximate surface area is 157 Å². The molecular weight excluding hydrogens is 376 g/mol. The lowest BCUT2D eigenvalue weighted by Gasteiger charge is -2.21. The fourth-order valence-corrected chi connectivity index (χ4v) is 4.72. The fourth-order valence-electron chi connectivity index (χ4n) is 3.20. The molecule has 0 saturated heterocycles. The van der Waals surface area contributed by atoms with Gasteiger partial charge in [-0.1, -0.05) is 11.6 Å². The van der Waals surface area contributed by atoms with Gasteiger partial charge in [-0.15, -0.1) is 0 Å². The number of methoxy groups -OCH3 is 1. The molecule has 1 amide bonds. The number of nitrogens with zero attached hydrogens (tertiary/aromatic N) is 1. The van der Waals surface area contributed by atoms with E-state index in [4.69, 9.17) is 16.3 Å². The van der Waals surface area contributed by atoms with Gasteiger partial charge in [-0.25, -0.2) is 8.42 Å². The highest BCUT2D eigenvalue weighted by atomic mass is 35.5. The lowest BCUT2D eigenvalue weighted by atomic mass is 10.1. The number of ether oxygens (including phenoxy) is 1. The van der Waals surface area contributed by atoms with Crippen molar-refractivity contribution >= 4 is 38.9 Å². The number of sulfonamides is 1. The van der Waals surface area contributed by atoms with Crippen LogP contribution < -0.4 is 14.4 Å².